The van der Waals surface area contributed by atoms with Crippen molar-refractivity contribution in [2.75, 3.05) is 7.05 Å². The maximum absolute atomic E-state index is 12.9. The lowest BCUT2D eigenvalue weighted by Gasteiger charge is -2.25. The van der Waals surface area contributed by atoms with Crippen molar-refractivity contribution >= 4 is 5.91 Å². The van der Waals surface area contributed by atoms with Crippen LogP contribution in [0.15, 0.2) is 48.5 Å². The molecule has 0 heterocycles. The van der Waals surface area contributed by atoms with Gasteiger partial charge in [0.25, 0.3) is 5.91 Å². The summed E-state index contributed by atoms with van der Waals surface area (Å²) in [5.74, 6) is -0.441. The summed E-state index contributed by atoms with van der Waals surface area (Å²) in [5.41, 5.74) is 1.90. The third kappa shape index (κ3) is 3.26. The molecule has 2 rings (SSSR count). The number of carbonyl (C=O) groups is 1. The van der Waals surface area contributed by atoms with Gasteiger partial charge in [-0.05, 0) is 48.9 Å². The molecule has 0 aliphatic carbocycles. The second-order valence-corrected chi connectivity index (χ2v) is 4.83. The molecule has 0 aliphatic heterocycles. The van der Waals surface area contributed by atoms with Crippen LogP contribution in [0.1, 0.15) is 34.5 Å². The van der Waals surface area contributed by atoms with Crippen LogP contribution in [0.4, 0.5) is 4.39 Å². The number of nitrogens with zero attached hydrogens (tertiary/aromatic N) is 2. The first kappa shape index (κ1) is 14.7. The molecule has 0 aliphatic rings. The molecule has 1 amide bonds. The highest BCUT2D eigenvalue weighted by atomic mass is 19.1. The fourth-order valence-electron chi connectivity index (χ4n) is 2.03. The largest absolute Gasteiger partial charge is 0.335 e. The maximum Gasteiger partial charge on any atom is 0.254 e. The number of halogens is 1. The second kappa shape index (κ2) is 6.19. The van der Waals surface area contributed by atoms with Crippen molar-refractivity contribution in [3.63, 3.8) is 0 Å². The van der Waals surface area contributed by atoms with E-state index in [-0.39, 0.29) is 17.8 Å². The van der Waals surface area contributed by atoms with Crippen LogP contribution < -0.4 is 0 Å². The molecule has 0 saturated carbocycles. The van der Waals surface area contributed by atoms with Gasteiger partial charge in [0.2, 0.25) is 0 Å². The number of carbonyl (C=O) groups excluding carboxylic acids is 1. The van der Waals surface area contributed by atoms with Gasteiger partial charge >= 0.3 is 0 Å². The third-order valence-corrected chi connectivity index (χ3v) is 3.51. The highest BCUT2D eigenvalue weighted by molar-refractivity contribution is 5.94. The van der Waals surface area contributed by atoms with Gasteiger partial charge in [-0.1, -0.05) is 12.1 Å². The molecule has 4 heteroatoms. The molecular weight excluding hydrogens is 267 g/mol. The Morgan fingerprint density at radius 1 is 1.14 bits per heavy atom. The number of hydrogen-bond donors (Lipinski definition) is 0. The number of hydrogen-bond acceptors (Lipinski definition) is 2. The summed E-state index contributed by atoms with van der Waals surface area (Å²) < 4.78 is 12.9. The lowest BCUT2D eigenvalue weighted by Crippen LogP contribution is -2.29. The minimum absolute atomic E-state index is 0.142. The van der Waals surface area contributed by atoms with Gasteiger partial charge in [0, 0.05) is 12.6 Å². The van der Waals surface area contributed by atoms with Gasteiger partial charge in [-0.15, -0.1) is 0 Å². The SMILES string of the molecule is CC(c1ccc(F)cc1)N(C)C(=O)c1ccc(C#N)cc1. The van der Waals surface area contributed by atoms with E-state index in [1.807, 2.05) is 13.0 Å². The Labute approximate surface area is 123 Å². The molecule has 2 aromatic carbocycles. The van der Waals surface area contributed by atoms with Crippen LogP contribution in [0.3, 0.4) is 0 Å². The predicted octanol–water partition coefficient (Wildman–Crippen LogP) is 3.53. The van der Waals surface area contributed by atoms with Crippen molar-refractivity contribution in [3.05, 3.63) is 71.0 Å². The first-order chi connectivity index (χ1) is 10.0. The van der Waals surface area contributed by atoms with Crippen molar-refractivity contribution in [2.24, 2.45) is 0 Å². The van der Waals surface area contributed by atoms with E-state index in [0.29, 0.717) is 11.1 Å². The van der Waals surface area contributed by atoms with Crippen LogP contribution in [0.5, 0.6) is 0 Å². The molecular formula is C17H15FN2O. The molecule has 2 aromatic rings. The van der Waals surface area contributed by atoms with E-state index in [2.05, 4.69) is 0 Å². The Bertz CT molecular complexity index is 671. The van der Waals surface area contributed by atoms with Crippen LogP contribution in [0.2, 0.25) is 0 Å². The van der Waals surface area contributed by atoms with Gasteiger partial charge in [-0.2, -0.15) is 5.26 Å². The minimum atomic E-state index is -0.299. The minimum Gasteiger partial charge on any atom is -0.335 e. The molecule has 3 nitrogen and oxygen atoms in total. The van der Waals surface area contributed by atoms with Gasteiger partial charge in [-0.3, -0.25) is 4.79 Å². The lowest BCUT2D eigenvalue weighted by atomic mass is 10.1. The summed E-state index contributed by atoms with van der Waals surface area (Å²) in [4.78, 5) is 14.0. The van der Waals surface area contributed by atoms with Crippen molar-refractivity contribution in [3.8, 4) is 6.07 Å². The zero-order valence-corrected chi connectivity index (χ0v) is 11.9. The summed E-state index contributed by atoms with van der Waals surface area (Å²) >= 11 is 0. The number of nitriles is 1. The number of benzene rings is 2. The summed E-state index contributed by atoms with van der Waals surface area (Å²) in [6, 6.07) is 14.4. The quantitative estimate of drug-likeness (QED) is 0.864. The van der Waals surface area contributed by atoms with Gasteiger partial charge < -0.3 is 4.90 Å². The first-order valence-corrected chi connectivity index (χ1v) is 6.55. The average molecular weight is 282 g/mol. The second-order valence-electron chi connectivity index (χ2n) is 4.83. The van der Waals surface area contributed by atoms with Crippen LogP contribution >= 0.6 is 0 Å². The van der Waals surface area contributed by atoms with E-state index >= 15 is 0 Å². The van der Waals surface area contributed by atoms with Gasteiger partial charge in [0.1, 0.15) is 5.82 Å². The number of amides is 1. The highest BCUT2D eigenvalue weighted by Gasteiger charge is 2.18. The molecule has 0 fully saturated rings. The normalized spacial score (nSPS) is 11.5. The fraction of sp³-hybridized carbons (Fsp3) is 0.176. The summed E-state index contributed by atoms with van der Waals surface area (Å²) in [6.07, 6.45) is 0. The molecule has 0 spiro atoms. The summed E-state index contributed by atoms with van der Waals surface area (Å²) in [6.45, 7) is 1.88. The van der Waals surface area contributed by atoms with Gasteiger partial charge in [0.15, 0.2) is 0 Å². The van der Waals surface area contributed by atoms with Gasteiger partial charge in [0.05, 0.1) is 17.7 Å². The molecule has 0 N–H and O–H groups in total. The van der Waals surface area contributed by atoms with E-state index in [4.69, 9.17) is 5.26 Å². The zero-order valence-electron chi connectivity index (χ0n) is 11.9. The summed E-state index contributed by atoms with van der Waals surface area (Å²) in [7, 11) is 1.70. The Morgan fingerprint density at radius 2 is 1.71 bits per heavy atom. The Hall–Kier alpha value is -2.67. The molecule has 0 radical (unpaired) electrons. The van der Waals surface area contributed by atoms with E-state index in [0.717, 1.165) is 5.56 Å². The van der Waals surface area contributed by atoms with Crippen LogP contribution in [0.25, 0.3) is 0 Å². The monoisotopic (exact) mass is 282 g/mol. The molecule has 0 bridgehead atoms. The smallest absolute Gasteiger partial charge is 0.254 e. The molecule has 21 heavy (non-hydrogen) atoms. The number of rotatable bonds is 3. The van der Waals surface area contributed by atoms with Crippen LogP contribution in [0, 0.1) is 17.1 Å². The Kier molecular flexibility index (Phi) is 4.34. The van der Waals surface area contributed by atoms with E-state index < -0.39 is 0 Å². The molecule has 1 atom stereocenters. The molecule has 0 aromatic heterocycles. The van der Waals surface area contributed by atoms with Gasteiger partial charge in [-0.25, -0.2) is 4.39 Å². The first-order valence-electron chi connectivity index (χ1n) is 6.55. The van der Waals surface area contributed by atoms with E-state index in [9.17, 15) is 9.18 Å². The summed E-state index contributed by atoms with van der Waals surface area (Å²) in [5, 5.41) is 8.76. The van der Waals surface area contributed by atoms with Crippen molar-refractivity contribution < 1.29 is 9.18 Å². The van der Waals surface area contributed by atoms with E-state index in [1.165, 1.54) is 12.1 Å². The van der Waals surface area contributed by atoms with Crippen molar-refractivity contribution in [1.29, 1.82) is 5.26 Å². The third-order valence-electron chi connectivity index (χ3n) is 3.51. The molecule has 0 saturated heterocycles. The maximum atomic E-state index is 12.9. The lowest BCUT2D eigenvalue weighted by molar-refractivity contribution is 0.0742. The standard InChI is InChI=1S/C17H15FN2O/c1-12(14-7-9-16(18)10-8-14)20(2)17(21)15-5-3-13(11-19)4-6-15/h3-10,12H,1-2H3. The Morgan fingerprint density at radius 3 is 2.24 bits per heavy atom. The molecule has 106 valence electrons. The highest BCUT2D eigenvalue weighted by Crippen LogP contribution is 2.21. The fourth-order valence-corrected chi connectivity index (χ4v) is 2.03. The predicted molar refractivity (Wildman–Crippen MR) is 78.1 cm³/mol. The van der Waals surface area contributed by atoms with Crippen LogP contribution in [-0.4, -0.2) is 17.9 Å². The van der Waals surface area contributed by atoms with E-state index in [1.54, 1.807) is 48.3 Å². The Balaban J connectivity index is 2.17. The van der Waals surface area contributed by atoms with Crippen molar-refractivity contribution in [2.45, 2.75) is 13.0 Å². The van der Waals surface area contributed by atoms with Crippen LogP contribution in [-0.2, 0) is 0 Å². The van der Waals surface area contributed by atoms with Crippen molar-refractivity contribution in [1.82, 2.24) is 4.90 Å². The zero-order chi connectivity index (χ0) is 15.4. The topological polar surface area (TPSA) is 44.1 Å². The molecule has 1 unspecified atom stereocenters. The average Bonchev–Trinajstić information content (AvgIpc) is 2.53.